The van der Waals surface area contributed by atoms with Crippen molar-refractivity contribution < 1.29 is 17.9 Å². The zero-order valence-electron chi connectivity index (χ0n) is 8.25. The number of pyridine rings is 1. The molecule has 5 nitrogen and oxygen atoms in total. The van der Waals surface area contributed by atoms with E-state index >= 15 is 0 Å². The quantitative estimate of drug-likeness (QED) is 0.847. The fourth-order valence-corrected chi connectivity index (χ4v) is 1.12. The van der Waals surface area contributed by atoms with Crippen molar-refractivity contribution in [3.05, 3.63) is 17.3 Å². The zero-order valence-corrected chi connectivity index (χ0v) is 8.25. The summed E-state index contributed by atoms with van der Waals surface area (Å²) in [6.07, 6.45) is -4.52. The first-order valence-electron chi connectivity index (χ1n) is 4.19. The van der Waals surface area contributed by atoms with Crippen molar-refractivity contribution in [3.63, 3.8) is 0 Å². The molecule has 0 spiro atoms. The van der Waals surface area contributed by atoms with Gasteiger partial charge in [-0.05, 0) is 0 Å². The van der Waals surface area contributed by atoms with Gasteiger partial charge in [0.1, 0.15) is 6.07 Å². The number of halogens is 3. The summed E-state index contributed by atoms with van der Waals surface area (Å²) >= 11 is 0. The second-order valence-corrected chi connectivity index (χ2v) is 2.87. The van der Waals surface area contributed by atoms with Gasteiger partial charge in [0, 0.05) is 5.56 Å². The highest BCUT2D eigenvalue weighted by Gasteiger charge is 2.33. The van der Waals surface area contributed by atoms with Gasteiger partial charge in [0.25, 0.3) is 0 Å². The van der Waals surface area contributed by atoms with Crippen molar-refractivity contribution in [1.82, 2.24) is 4.98 Å². The van der Waals surface area contributed by atoms with Crippen LogP contribution in [0.2, 0.25) is 0 Å². The topological polar surface area (TPSA) is 95.7 Å². The van der Waals surface area contributed by atoms with Gasteiger partial charge in [-0.25, -0.2) is 4.98 Å². The minimum atomic E-state index is -4.94. The summed E-state index contributed by atoms with van der Waals surface area (Å²) in [5, 5.41) is 17.2. The summed E-state index contributed by atoms with van der Waals surface area (Å²) in [6, 6.07) is 3.23. The molecule has 0 aromatic carbocycles. The number of anilines is 1. The highest BCUT2D eigenvalue weighted by molar-refractivity contribution is 5.59. The number of nitrogens with zero attached hydrogens (tertiary/aromatic N) is 3. The summed E-state index contributed by atoms with van der Waals surface area (Å²) in [6.45, 7) is 0. The van der Waals surface area contributed by atoms with E-state index in [2.05, 4.69) is 9.72 Å². The van der Waals surface area contributed by atoms with Gasteiger partial charge >= 0.3 is 6.36 Å². The second-order valence-electron chi connectivity index (χ2n) is 2.87. The lowest BCUT2D eigenvalue weighted by Gasteiger charge is -2.12. The molecular formula is C9H5F3N4O. The molecule has 0 aliphatic heterocycles. The first-order valence-corrected chi connectivity index (χ1v) is 4.19. The van der Waals surface area contributed by atoms with E-state index in [-0.39, 0.29) is 16.8 Å². The van der Waals surface area contributed by atoms with Crippen LogP contribution in [-0.2, 0) is 6.42 Å². The van der Waals surface area contributed by atoms with Crippen molar-refractivity contribution in [2.24, 2.45) is 0 Å². The van der Waals surface area contributed by atoms with E-state index in [9.17, 15) is 13.2 Å². The molecule has 17 heavy (non-hydrogen) atoms. The van der Waals surface area contributed by atoms with Crippen LogP contribution in [0.5, 0.6) is 5.88 Å². The number of hydrogen-bond acceptors (Lipinski definition) is 5. The first-order chi connectivity index (χ1) is 7.89. The van der Waals surface area contributed by atoms with Gasteiger partial charge in [-0.15, -0.1) is 13.2 Å². The number of hydrogen-bond donors (Lipinski definition) is 1. The third kappa shape index (κ3) is 2.98. The van der Waals surface area contributed by atoms with E-state index in [0.717, 1.165) is 6.20 Å². The molecule has 8 heteroatoms. The molecule has 0 saturated carbocycles. The average molecular weight is 242 g/mol. The molecule has 1 heterocycles. The number of aromatic nitrogens is 1. The summed E-state index contributed by atoms with van der Waals surface area (Å²) in [7, 11) is 0. The largest absolute Gasteiger partial charge is 0.574 e. The standard InChI is InChI=1S/C9H5F3N4O/c10-9(11,12)17-8-5(1-2-13)6(3-14)7(15)4-16-8/h4H,1,15H2. The SMILES string of the molecule is N#CCc1c(OC(F)(F)F)ncc(N)c1C#N. The van der Waals surface area contributed by atoms with Crippen LogP contribution >= 0.6 is 0 Å². The highest BCUT2D eigenvalue weighted by Crippen LogP contribution is 2.29. The molecule has 0 fully saturated rings. The Morgan fingerprint density at radius 3 is 2.53 bits per heavy atom. The molecular weight excluding hydrogens is 237 g/mol. The predicted octanol–water partition coefficient (Wildman–Crippen LogP) is 1.50. The lowest BCUT2D eigenvalue weighted by molar-refractivity contribution is -0.276. The van der Waals surface area contributed by atoms with Crippen LogP contribution in [0.4, 0.5) is 18.9 Å². The molecule has 0 bridgehead atoms. The number of ether oxygens (including phenoxy) is 1. The molecule has 0 unspecified atom stereocenters. The van der Waals surface area contributed by atoms with Crippen LogP contribution < -0.4 is 10.5 Å². The molecule has 2 N–H and O–H groups in total. The van der Waals surface area contributed by atoms with Crippen molar-refractivity contribution >= 4 is 5.69 Å². The Bertz CT molecular complexity index is 513. The Labute approximate surface area is 93.8 Å². The molecule has 1 aromatic heterocycles. The molecule has 0 atom stereocenters. The smallest absolute Gasteiger partial charge is 0.396 e. The fraction of sp³-hybridized carbons (Fsp3) is 0.222. The van der Waals surface area contributed by atoms with E-state index in [1.165, 1.54) is 0 Å². The van der Waals surface area contributed by atoms with E-state index in [1.807, 2.05) is 0 Å². The lowest BCUT2D eigenvalue weighted by atomic mass is 10.1. The summed E-state index contributed by atoms with van der Waals surface area (Å²) in [5.74, 6) is -0.829. The molecule has 0 amide bonds. The number of nitrogens with two attached hydrogens (primary N) is 1. The van der Waals surface area contributed by atoms with E-state index < -0.39 is 18.7 Å². The Kier molecular flexibility index (Phi) is 3.39. The molecule has 88 valence electrons. The van der Waals surface area contributed by atoms with Crippen LogP contribution in [0.15, 0.2) is 6.20 Å². The van der Waals surface area contributed by atoms with Gasteiger partial charge in [-0.1, -0.05) is 0 Å². The number of nitrogen functional groups attached to an aromatic ring is 1. The fourth-order valence-electron chi connectivity index (χ4n) is 1.12. The number of alkyl halides is 3. The van der Waals surface area contributed by atoms with Crippen molar-refractivity contribution in [2.45, 2.75) is 12.8 Å². The van der Waals surface area contributed by atoms with Crippen LogP contribution in [0.3, 0.4) is 0 Å². The number of nitriles is 2. The van der Waals surface area contributed by atoms with Gasteiger partial charge < -0.3 is 10.5 Å². The Hall–Kier alpha value is -2.48. The third-order valence-corrected chi connectivity index (χ3v) is 1.75. The molecule has 0 aliphatic rings. The van der Waals surface area contributed by atoms with Gasteiger partial charge in [0.05, 0.1) is 29.9 Å². The van der Waals surface area contributed by atoms with E-state index in [1.54, 1.807) is 12.1 Å². The van der Waals surface area contributed by atoms with E-state index in [0.29, 0.717) is 0 Å². The molecule has 1 aromatic rings. The van der Waals surface area contributed by atoms with Crippen molar-refractivity contribution in [1.29, 1.82) is 10.5 Å². The van der Waals surface area contributed by atoms with Crippen LogP contribution in [0, 0.1) is 22.7 Å². The Morgan fingerprint density at radius 2 is 2.06 bits per heavy atom. The highest BCUT2D eigenvalue weighted by atomic mass is 19.4. The predicted molar refractivity (Wildman–Crippen MR) is 49.4 cm³/mol. The maximum atomic E-state index is 12.0. The summed E-state index contributed by atoms with van der Waals surface area (Å²) in [5.41, 5.74) is 4.75. The monoisotopic (exact) mass is 242 g/mol. The Balaban J connectivity index is 3.32. The molecule has 0 aliphatic carbocycles. The maximum Gasteiger partial charge on any atom is 0.574 e. The van der Waals surface area contributed by atoms with Gasteiger partial charge in [-0.3, -0.25) is 0 Å². The maximum absolute atomic E-state index is 12.0. The van der Waals surface area contributed by atoms with Gasteiger partial charge in [-0.2, -0.15) is 10.5 Å². The van der Waals surface area contributed by atoms with Gasteiger partial charge in [0.15, 0.2) is 0 Å². The molecule has 0 radical (unpaired) electrons. The minimum absolute atomic E-state index is 0.104. The third-order valence-electron chi connectivity index (χ3n) is 1.75. The Morgan fingerprint density at radius 1 is 1.41 bits per heavy atom. The van der Waals surface area contributed by atoms with Crippen molar-refractivity contribution in [3.8, 4) is 18.0 Å². The average Bonchev–Trinajstić information content (AvgIpc) is 2.21. The molecule has 1 rings (SSSR count). The zero-order chi connectivity index (χ0) is 13.1. The minimum Gasteiger partial charge on any atom is -0.396 e. The van der Waals surface area contributed by atoms with Crippen LogP contribution in [-0.4, -0.2) is 11.3 Å². The summed E-state index contributed by atoms with van der Waals surface area (Å²) in [4.78, 5) is 3.32. The van der Waals surface area contributed by atoms with Crippen LogP contribution in [0.25, 0.3) is 0 Å². The van der Waals surface area contributed by atoms with E-state index in [4.69, 9.17) is 16.3 Å². The van der Waals surface area contributed by atoms with Gasteiger partial charge in [0.2, 0.25) is 5.88 Å². The lowest BCUT2D eigenvalue weighted by Crippen LogP contribution is -2.19. The van der Waals surface area contributed by atoms with Crippen LogP contribution in [0.1, 0.15) is 11.1 Å². The number of rotatable bonds is 2. The van der Waals surface area contributed by atoms with Crippen molar-refractivity contribution in [2.75, 3.05) is 5.73 Å². The normalized spacial score (nSPS) is 10.4. The second kappa shape index (κ2) is 4.58. The molecule has 0 saturated heterocycles. The first kappa shape index (κ1) is 12.6. The summed E-state index contributed by atoms with van der Waals surface area (Å²) < 4.78 is 39.7.